The van der Waals surface area contributed by atoms with Crippen LogP contribution in [0.1, 0.15) is 22.8 Å². The fourth-order valence-electron chi connectivity index (χ4n) is 2.77. The van der Waals surface area contributed by atoms with Crippen LogP contribution in [0, 0.1) is 6.92 Å². The van der Waals surface area contributed by atoms with E-state index >= 15 is 0 Å². The maximum absolute atomic E-state index is 12.9. The van der Waals surface area contributed by atoms with Crippen LogP contribution < -0.4 is 4.72 Å². The van der Waals surface area contributed by atoms with Crippen molar-refractivity contribution in [2.24, 2.45) is 0 Å². The number of carbonyl (C=O) groups excluding carboxylic acids is 1. The van der Waals surface area contributed by atoms with Crippen LogP contribution in [0.4, 0.5) is 5.69 Å². The second kappa shape index (κ2) is 8.34. The van der Waals surface area contributed by atoms with E-state index in [-0.39, 0.29) is 11.5 Å². The number of hydrogen-bond acceptors (Lipinski definition) is 5. The first kappa shape index (κ1) is 20.4. The Morgan fingerprint density at radius 2 is 1.86 bits per heavy atom. The number of sulfonamides is 1. The number of halogens is 1. The number of ether oxygens (including phenoxy) is 1. The lowest BCUT2D eigenvalue weighted by atomic mass is 10.0. The first-order valence-electron chi connectivity index (χ1n) is 8.45. The molecule has 0 spiro atoms. The van der Waals surface area contributed by atoms with E-state index in [1.807, 2.05) is 0 Å². The molecule has 0 atom stereocenters. The normalized spacial score (nSPS) is 11.2. The van der Waals surface area contributed by atoms with E-state index < -0.39 is 16.0 Å². The summed E-state index contributed by atoms with van der Waals surface area (Å²) in [6.45, 7) is 3.64. The van der Waals surface area contributed by atoms with E-state index in [9.17, 15) is 13.2 Å². The van der Waals surface area contributed by atoms with E-state index in [0.717, 1.165) is 0 Å². The number of esters is 1. The predicted octanol–water partition coefficient (Wildman–Crippen LogP) is 5.35. The lowest BCUT2D eigenvalue weighted by molar-refractivity contribution is 0.0527. The molecular weight excluding hydrogens is 418 g/mol. The summed E-state index contributed by atoms with van der Waals surface area (Å²) in [5, 5.41) is 3.86. The highest BCUT2D eigenvalue weighted by Crippen LogP contribution is 2.36. The molecule has 3 rings (SSSR count). The Balaban J connectivity index is 2.02. The van der Waals surface area contributed by atoms with Gasteiger partial charge < -0.3 is 4.74 Å². The molecule has 0 unspecified atom stereocenters. The maximum Gasteiger partial charge on any atom is 0.338 e. The van der Waals surface area contributed by atoms with E-state index in [2.05, 4.69) is 4.72 Å². The number of hydrogen-bond donors (Lipinski definition) is 1. The summed E-state index contributed by atoms with van der Waals surface area (Å²) < 4.78 is 33.6. The molecule has 0 aliphatic rings. The molecule has 0 bridgehead atoms. The van der Waals surface area contributed by atoms with Crippen molar-refractivity contribution in [3.63, 3.8) is 0 Å². The van der Waals surface area contributed by atoms with Crippen molar-refractivity contribution in [2.45, 2.75) is 18.7 Å². The summed E-state index contributed by atoms with van der Waals surface area (Å²) in [5.41, 5.74) is 2.45. The zero-order valence-corrected chi connectivity index (χ0v) is 17.6. The number of nitrogens with one attached hydrogen (secondary N) is 1. The highest BCUT2D eigenvalue weighted by molar-refractivity contribution is 7.92. The van der Waals surface area contributed by atoms with Crippen LogP contribution in [-0.4, -0.2) is 21.0 Å². The molecule has 0 amide bonds. The Morgan fingerprint density at radius 3 is 2.61 bits per heavy atom. The molecule has 0 saturated heterocycles. The Bertz CT molecular complexity index is 1120. The highest BCUT2D eigenvalue weighted by atomic mass is 35.5. The molecule has 3 aromatic rings. The van der Waals surface area contributed by atoms with Gasteiger partial charge in [-0.1, -0.05) is 35.9 Å². The molecule has 0 aliphatic heterocycles. The first-order chi connectivity index (χ1) is 13.3. The van der Waals surface area contributed by atoms with Gasteiger partial charge in [-0.3, -0.25) is 4.72 Å². The standard InChI is InChI=1S/C20H18ClNO4S2/c1-3-26-20(23)15-8-5-4-7-14(15)16-11-27-12-18(16)22-28(24,25)19-10-6-9-17(21)13(19)2/h4-12,22H,3H2,1-2H3. The van der Waals surface area contributed by atoms with Gasteiger partial charge in [0.2, 0.25) is 0 Å². The average Bonchev–Trinajstić information content (AvgIpc) is 3.11. The molecule has 8 heteroatoms. The molecule has 0 aliphatic carbocycles. The molecule has 0 radical (unpaired) electrons. The van der Waals surface area contributed by atoms with Gasteiger partial charge in [0.15, 0.2) is 0 Å². The minimum Gasteiger partial charge on any atom is -0.462 e. The van der Waals surface area contributed by atoms with Crippen molar-refractivity contribution < 1.29 is 17.9 Å². The number of carbonyl (C=O) groups is 1. The van der Waals surface area contributed by atoms with Gasteiger partial charge in [-0.25, -0.2) is 13.2 Å². The van der Waals surface area contributed by atoms with Crippen molar-refractivity contribution in [2.75, 3.05) is 11.3 Å². The molecule has 146 valence electrons. The molecule has 1 N–H and O–H groups in total. The fraction of sp³-hybridized carbons (Fsp3) is 0.150. The van der Waals surface area contributed by atoms with Crippen molar-refractivity contribution in [3.8, 4) is 11.1 Å². The molecule has 5 nitrogen and oxygen atoms in total. The van der Waals surface area contributed by atoms with Crippen molar-refractivity contribution in [1.82, 2.24) is 0 Å². The van der Waals surface area contributed by atoms with Gasteiger partial charge in [0.25, 0.3) is 10.0 Å². The van der Waals surface area contributed by atoms with Crippen LogP contribution in [0.5, 0.6) is 0 Å². The van der Waals surface area contributed by atoms with Crippen LogP contribution in [0.15, 0.2) is 58.1 Å². The summed E-state index contributed by atoms with van der Waals surface area (Å²) >= 11 is 7.41. The fourth-order valence-corrected chi connectivity index (χ4v) is 5.19. The van der Waals surface area contributed by atoms with Crippen molar-refractivity contribution in [1.29, 1.82) is 0 Å². The van der Waals surface area contributed by atoms with E-state index in [0.29, 0.717) is 33.0 Å². The Labute approximate surface area is 173 Å². The largest absolute Gasteiger partial charge is 0.462 e. The summed E-state index contributed by atoms with van der Waals surface area (Å²) in [4.78, 5) is 12.4. The second-order valence-corrected chi connectivity index (χ2v) is 8.74. The highest BCUT2D eigenvalue weighted by Gasteiger charge is 2.22. The lowest BCUT2D eigenvalue weighted by Gasteiger charge is -2.13. The Kier molecular flexibility index (Phi) is 6.07. The minimum atomic E-state index is -3.85. The van der Waals surface area contributed by atoms with Crippen LogP contribution in [0.3, 0.4) is 0 Å². The van der Waals surface area contributed by atoms with Crippen molar-refractivity contribution >= 4 is 44.6 Å². The molecule has 2 aromatic carbocycles. The molecule has 1 heterocycles. The van der Waals surface area contributed by atoms with E-state index in [1.54, 1.807) is 61.0 Å². The van der Waals surface area contributed by atoms with Gasteiger partial charge in [0, 0.05) is 21.3 Å². The minimum absolute atomic E-state index is 0.107. The van der Waals surface area contributed by atoms with E-state index in [4.69, 9.17) is 16.3 Å². The van der Waals surface area contributed by atoms with Crippen LogP contribution in [0.2, 0.25) is 5.02 Å². The van der Waals surface area contributed by atoms with Crippen molar-refractivity contribution in [3.05, 3.63) is 69.4 Å². The second-order valence-electron chi connectivity index (χ2n) is 5.93. The third-order valence-corrected chi connectivity index (χ3v) is 6.79. The average molecular weight is 436 g/mol. The topological polar surface area (TPSA) is 72.5 Å². The van der Waals surface area contributed by atoms with Gasteiger partial charge in [-0.05, 0) is 43.2 Å². The lowest BCUT2D eigenvalue weighted by Crippen LogP contribution is -2.14. The van der Waals surface area contributed by atoms with Crippen LogP contribution in [0.25, 0.3) is 11.1 Å². The Hall–Kier alpha value is -2.35. The van der Waals surface area contributed by atoms with Gasteiger partial charge in [-0.2, -0.15) is 0 Å². The SMILES string of the molecule is CCOC(=O)c1ccccc1-c1cscc1NS(=O)(=O)c1cccc(Cl)c1C. The van der Waals surface area contributed by atoms with Gasteiger partial charge in [-0.15, -0.1) is 11.3 Å². The van der Waals surface area contributed by atoms with Gasteiger partial charge in [0.1, 0.15) is 0 Å². The number of rotatable bonds is 6. The third-order valence-electron chi connectivity index (χ3n) is 4.13. The maximum atomic E-state index is 12.9. The molecule has 0 saturated carbocycles. The summed E-state index contributed by atoms with van der Waals surface area (Å²) in [5.74, 6) is -0.455. The van der Waals surface area contributed by atoms with Crippen LogP contribution in [-0.2, 0) is 14.8 Å². The third kappa shape index (κ3) is 4.06. The zero-order chi connectivity index (χ0) is 20.3. The van der Waals surface area contributed by atoms with Crippen LogP contribution >= 0.6 is 22.9 Å². The number of thiophene rings is 1. The summed E-state index contributed by atoms with van der Waals surface area (Å²) in [7, 11) is -3.85. The smallest absolute Gasteiger partial charge is 0.338 e. The summed E-state index contributed by atoms with van der Waals surface area (Å²) in [6, 6.07) is 11.7. The quantitative estimate of drug-likeness (QED) is 0.529. The van der Waals surface area contributed by atoms with Gasteiger partial charge in [0.05, 0.1) is 22.8 Å². The van der Waals surface area contributed by atoms with Gasteiger partial charge >= 0.3 is 5.97 Å². The summed E-state index contributed by atoms with van der Waals surface area (Å²) in [6.07, 6.45) is 0. The molecule has 28 heavy (non-hydrogen) atoms. The molecular formula is C20H18ClNO4S2. The predicted molar refractivity (Wildman–Crippen MR) is 113 cm³/mol. The zero-order valence-electron chi connectivity index (χ0n) is 15.2. The monoisotopic (exact) mass is 435 g/mol. The first-order valence-corrected chi connectivity index (χ1v) is 11.3. The number of benzene rings is 2. The van der Waals surface area contributed by atoms with E-state index in [1.165, 1.54) is 17.4 Å². The molecule has 1 aromatic heterocycles. The molecule has 0 fully saturated rings. The number of anilines is 1. The Morgan fingerprint density at radius 1 is 1.11 bits per heavy atom.